The third-order valence-electron chi connectivity index (χ3n) is 4.62. The van der Waals surface area contributed by atoms with Gasteiger partial charge in [0.15, 0.2) is 6.61 Å². The van der Waals surface area contributed by atoms with Crippen LogP contribution in [0.1, 0.15) is 51.7 Å². The van der Waals surface area contributed by atoms with Gasteiger partial charge >= 0.3 is 6.09 Å². The molecule has 184 valence electrons. The van der Waals surface area contributed by atoms with Crippen LogP contribution in [0.4, 0.5) is 10.5 Å². The summed E-state index contributed by atoms with van der Waals surface area (Å²) in [5.41, 5.74) is 1.99. The van der Waals surface area contributed by atoms with E-state index in [1.807, 2.05) is 36.4 Å². The number of alkyl carbamates (subject to hydrolysis) is 1. The Kier molecular flexibility index (Phi) is 10.4. The number of hydrogen-bond donors (Lipinski definition) is 3. The first-order valence-corrected chi connectivity index (χ1v) is 11.5. The molecular formula is C26H35N3O5. The van der Waals surface area contributed by atoms with Crippen molar-refractivity contribution < 1.29 is 23.9 Å². The van der Waals surface area contributed by atoms with Gasteiger partial charge in [-0.1, -0.05) is 43.7 Å². The van der Waals surface area contributed by atoms with E-state index in [2.05, 4.69) is 22.9 Å². The van der Waals surface area contributed by atoms with Crippen LogP contribution < -0.4 is 20.7 Å². The first-order valence-electron chi connectivity index (χ1n) is 11.5. The molecule has 3 amide bonds. The van der Waals surface area contributed by atoms with Gasteiger partial charge in [-0.2, -0.15) is 0 Å². The summed E-state index contributed by atoms with van der Waals surface area (Å²) < 4.78 is 10.7. The number of para-hydroxylation sites is 1. The van der Waals surface area contributed by atoms with Crippen LogP contribution in [0.2, 0.25) is 0 Å². The molecule has 8 heteroatoms. The molecular weight excluding hydrogens is 434 g/mol. The van der Waals surface area contributed by atoms with Crippen molar-refractivity contribution in [2.45, 2.75) is 59.1 Å². The van der Waals surface area contributed by atoms with Crippen LogP contribution in [0.3, 0.4) is 0 Å². The number of carbonyl (C=O) groups excluding carboxylic acids is 3. The molecule has 0 aliphatic carbocycles. The van der Waals surface area contributed by atoms with Crippen LogP contribution in [0.15, 0.2) is 48.5 Å². The molecule has 34 heavy (non-hydrogen) atoms. The Morgan fingerprint density at radius 1 is 0.912 bits per heavy atom. The first kappa shape index (κ1) is 26.7. The predicted octanol–water partition coefficient (Wildman–Crippen LogP) is 4.19. The van der Waals surface area contributed by atoms with Gasteiger partial charge in [0, 0.05) is 25.2 Å². The Labute approximate surface area is 201 Å². The number of rotatable bonds is 11. The summed E-state index contributed by atoms with van der Waals surface area (Å²) in [7, 11) is 0. The lowest BCUT2D eigenvalue weighted by atomic mass is 10.1. The summed E-state index contributed by atoms with van der Waals surface area (Å²) in [4.78, 5) is 36.2. The highest BCUT2D eigenvalue weighted by atomic mass is 16.6. The van der Waals surface area contributed by atoms with Crippen molar-refractivity contribution in [3.05, 3.63) is 59.7 Å². The van der Waals surface area contributed by atoms with E-state index in [1.54, 1.807) is 32.9 Å². The number of aryl methyl sites for hydroxylation is 1. The maximum atomic E-state index is 12.3. The highest BCUT2D eigenvalue weighted by molar-refractivity contribution is 5.92. The highest BCUT2D eigenvalue weighted by Gasteiger charge is 2.16. The molecule has 0 unspecified atom stereocenters. The van der Waals surface area contributed by atoms with E-state index in [4.69, 9.17) is 9.47 Å². The van der Waals surface area contributed by atoms with Crippen LogP contribution in [-0.4, -0.2) is 36.7 Å². The van der Waals surface area contributed by atoms with Crippen LogP contribution in [-0.2, 0) is 27.3 Å². The summed E-state index contributed by atoms with van der Waals surface area (Å²) in [6, 6.07) is 14.9. The highest BCUT2D eigenvalue weighted by Crippen LogP contribution is 2.16. The largest absolute Gasteiger partial charge is 0.484 e. The number of nitrogens with one attached hydrogen (secondary N) is 3. The van der Waals surface area contributed by atoms with Gasteiger partial charge < -0.3 is 25.4 Å². The smallest absolute Gasteiger partial charge is 0.407 e. The lowest BCUT2D eigenvalue weighted by Gasteiger charge is -2.19. The average molecular weight is 470 g/mol. The maximum absolute atomic E-state index is 12.3. The molecule has 2 aromatic rings. The Bertz CT molecular complexity index is 952. The van der Waals surface area contributed by atoms with E-state index < -0.39 is 11.7 Å². The number of ether oxygens (including phenoxy) is 2. The van der Waals surface area contributed by atoms with E-state index in [0.29, 0.717) is 11.4 Å². The van der Waals surface area contributed by atoms with Crippen molar-refractivity contribution in [3.63, 3.8) is 0 Å². The fourth-order valence-corrected chi connectivity index (χ4v) is 3.04. The van der Waals surface area contributed by atoms with Crippen molar-refractivity contribution in [2.24, 2.45) is 0 Å². The molecule has 0 radical (unpaired) electrons. The van der Waals surface area contributed by atoms with Gasteiger partial charge in [0.2, 0.25) is 5.91 Å². The van der Waals surface area contributed by atoms with Crippen molar-refractivity contribution >= 4 is 23.6 Å². The SMILES string of the molecule is CCCc1ccc(OCC(=O)NCc2ccccc2NC(=O)CCNC(=O)OC(C)(C)C)cc1. The van der Waals surface area contributed by atoms with Crippen LogP contribution in [0, 0.1) is 0 Å². The van der Waals surface area contributed by atoms with Gasteiger partial charge in [0.05, 0.1) is 0 Å². The summed E-state index contributed by atoms with van der Waals surface area (Å²) in [5, 5.41) is 8.18. The van der Waals surface area contributed by atoms with Gasteiger partial charge in [-0.3, -0.25) is 9.59 Å². The lowest BCUT2D eigenvalue weighted by molar-refractivity contribution is -0.123. The molecule has 0 aliphatic rings. The minimum absolute atomic E-state index is 0.0881. The lowest BCUT2D eigenvalue weighted by Crippen LogP contribution is -2.34. The second-order valence-electron chi connectivity index (χ2n) is 8.84. The van der Waals surface area contributed by atoms with Gasteiger partial charge in [0.1, 0.15) is 11.4 Å². The number of anilines is 1. The number of amides is 3. The summed E-state index contributed by atoms with van der Waals surface area (Å²) in [6.45, 7) is 7.73. The van der Waals surface area contributed by atoms with Gasteiger partial charge in [0.25, 0.3) is 5.91 Å². The van der Waals surface area contributed by atoms with Crippen LogP contribution in [0.25, 0.3) is 0 Å². The molecule has 0 bridgehead atoms. The van der Waals surface area contributed by atoms with Crippen molar-refractivity contribution in [2.75, 3.05) is 18.5 Å². The quantitative estimate of drug-likeness (QED) is 0.458. The number of hydrogen-bond acceptors (Lipinski definition) is 5. The topological polar surface area (TPSA) is 106 Å². The molecule has 0 fully saturated rings. The second kappa shape index (κ2) is 13.2. The molecule has 2 aromatic carbocycles. The zero-order chi connectivity index (χ0) is 25.0. The Balaban J connectivity index is 1.77. The van der Waals surface area contributed by atoms with Gasteiger partial charge in [-0.25, -0.2) is 4.79 Å². The zero-order valence-electron chi connectivity index (χ0n) is 20.4. The van der Waals surface area contributed by atoms with Crippen molar-refractivity contribution in [1.82, 2.24) is 10.6 Å². The monoisotopic (exact) mass is 469 g/mol. The Morgan fingerprint density at radius 2 is 1.62 bits per heavy atom. The van der Waals surface area contributed by atoms with Gasteiger partial charge in [-0.15, -0.1) is 0 Å². The average Bonchev–Trinajstić information content (AvgIpc) is 2.77. The van der Waals surface area contributed by atoms with E-state index in [9.17, 15) is 14.4 Å². The zero-order valence-corrected chi connectivity index (χ0v) is 20.4. The van der Waals surface area contributed by atoms with E-state index in [-0.39, 0.29) is 37.9 Å². The second-order valence-corrected chi connectivity index (χ2v) is 8.84. The molecule has 0 atom stereocenters. The number of benzene rings is 2. The van der Waals surface area contributed by atoms with Crippen molar-refractivity contribution in [1.29, 1.82) is 0 Å². The minimum atomic E-state index is -0.597. The summed E-state index contributed by atoms with van der Waals surface area (Å²) >= 11 is 0. The molecule has 2 rings (SSSR count). The summed E-state index contributed by atoms with van der Waals surface area (Å²) in [6.07, 6.45) is 1.61. The van der Waals surface area contributed by atoms with Gasteiger partial charge in [-0.05, 0) is 56.5 Å². The van der Waals surface area contributed by atoms with E-state index >= 15 is 0 Å². The molecule has 0 spiro atoms. The normalized spacial score (nSPS) is 10.8. The minimum Gasteiger partial charge on any atom is -0.484 e. The maximum Gasteiger partial charge on any atom is 0.407 e. The van der Waals surface area contributed by atoms with Crippen LogP contribution >= 0.6 is 0 Å². The van der Waals surface area contributed by atoms with Crippen molar-refractivity contribution in [3.8, 4) is 5.75 Å². The molecule has 0 aliphatic heterocycles. The fraction of sp³-hybridized carbons (Fsp3) is 0.423. The summed E-state index contributed by atoms with van der Waals surface area (Å²) in [5.74, 6) is 0.118. The number of carbonyl (C=O) groups is 3. The molecule has 8 nitrogen and oxygen atoms in total. The van der Waals surface area contributed by atoms with E-state index in [0.717, 1.165) is 18.4 Å². The molecule has 0 saturated carbocycles. The molecule has 0 saturated heterocycles. The Hall–Kier alpha value is -3.55. The molecule has 0 heterocycles. The fourth-order valence-electron chi connectivity index (χ4n) is 3.04. The first-order chi connectivity index (χ1) is 16.2. The predicted molar refractivity (Wildman–Crippen MR) is 132 cm³/mol. The third kappa shape index (κ3) is 10.4. The Morgan fingerprint density at radius 3 is 2.29 bits per heavy atom. The standard InChI is InChI=1S/C26H35N3O5/c1-5-8-19-11-13-21(14-12-19)33-18-24(31)28-17-20-9-6-7-10-22(20)29-23(30)15-16-27-25(32)34-26(2,3)4/h6-7,9-14H,5,8,15-18H2,1-4H3,(H,27,32)(H,28,31)(H,29,30). The molecule has 3 N–H and O–H groups in total. The molecule has 0 aromatic heterocycles. The van der Waals surface area contributed by atoms with E-state index in [1.165, 1.54) is 5.56 Å². The third-order valence-corrected chi connectivity index (χ3v) is 4.62. The van der Waals surface area contributed by atoms with Crippen LogP contribution in [0.5, 0.6) is 5.75 Å².